The lowest BCUT2D eigenvalue weighted by Crippen LogP contribution is -2.13. The van der Waals surface area contributed by atoms with Crippen molar-refractivity contribution in [1.82, 2.24) is 5.48 Å². The van der Waals surface area contributed by atoms with E-state index in [1.807, 2.05) is 0 Å². The number of ether oxygens (including phenoxy) is 1. The van der Waals surface area contributed by atoms with Crippen LogP contribution in [0.2, 0.25) is 0 Å². The Hall–Kier alpha value is -1.06. The number of hydrogen-bond acceptors (Lipinski definition) is 3. The van der Waals surface area contributed by atoms with Gasteiger partial charge in [0.05, 0.1) is 14.2 Å². The van der Waals surface area contributed by atoms with Gasteiger partial charge in [-0.1, -0.05) is 0 Å². The molecule has 0 amide bonds. The lowest BCUT2D eigenvalue weighted by molar-refractivity contribution is 0.0864. The zero-order valence-electron chi connectivity index (χ0n) is 10.1. The number of nitrogens with one attached hydrogen (secondary N) is 1. The van der Waals surface area contributed by atoms with Crippen molar-refractivity contribution in [2.24, 2.45) is 0 Å². The van der Waals surface area contributed by atoms with Crippen molar-refractivity contribution >= 4 is 0 Å². The van der Waals surface area contributed by atoms with Crippen LogP contribution in [0, 0.1) is 20.8 Å². The van der Waals surface area contributed by atoms with Gasteiger partial charge in [0.2, 0.25) is 0 Å². The molecular weight excluding hydrogens is 190 g/mol. The Kier molecular flexibility index (Phi) is 4.12. The van der Waals surface area contributed by atoms with Gasteiger partial charge in [0.25, 0.3) is 0 Å². The fraction of sp³-hybridized carbons (Fsp3) is 0.500. The molecule has 0 heterocycles. The van der Waals surface area contributed by atoms with Gasteiger partial charge in [0.1, 0.15) is 5.75 Å². The predicted molar refractivity (Wildman–Crippen MR) is 61.1 cm³/mol. The average Bonchev–Trinajstić information content (AvgIpc) is 2.23. The molecule has 0 aliphatic carbocycles. The second-order valence-corrected chi connectivity index (χ2v) is 3.65. The van der Waals surface area contributed by atoms with Crippen LogP contribution in [0.3, 0.4) is 0 Å². The van der Waals surface area contributed by atoms with Crippen molar-refractivity contribution in [3.8, 4) is 5.75 Å². The van der Waals surface area contributed by atoms with Crippen LogP contribution >= 0.6 is 0 Å². The highest BCUT2D eigenvalue weighted by molar-refractivity contribution is 5.47. The molecule has 15 heavy (non-hydrogen) atoms. The van der Waals surface area contributed by atoms with E-state index in [1.165, 1.54) is 22.3 Å². The third-order valence-electron chi connectivity index (χ3n) is 2.82. The number of rotatable bonds is 4. The smallest absolute Gasteiger partial charge is 0.122 e. The van der Waals surface area contributed by atoms with Gasteiger partial charge in [-0.25, -0.2) is 0 Å². The summed E-state index contributed by atoms with van der Waals surface area (Å²) in [6.07, 6.45) is 0. The topological polar surface area (TPSA) is 30.5 Å². The van der Waals surface area contributed by atoms with Crippen LogP contribution in [0.5, 0.6) is 5.75 Å². The van der Waals surface area contributed by atoms with Crippen LogP contribution < -0.4 is 10.2 Å². The van der Waals surface area contributed by atoms with Crippen molar-refractivity contribution in [2.75, 3.05) is 14.2 Å². The van der Waals surface area contributed by atoms with Crippen molar-refractivity contribution in [1.29, 1.82) is 0 Å². The minimum absolute atomic E-state index is 0.721. The number of hydrogen-bond donors (Lipinski definition) is 1. The molecule has 0 atom stereocenters. The Morgan fingerprint density at radius 2 is 1.80 bits per heavy atom. The standard InChI is InChI=1S/C12H19NO2/c1-8-6-12(14-4)10(3)9(2)11(8)7-13-15-5/h6,13H,7H2,1-5H3. The van der Waals surface area contributed by atoms with Gasteiger partial charge in [0.15, 0.2) is 0 Å². The van der Waals surface area contributed by atoms with Crippen molar-refractivity contribution in [2.45, 2.75) is 27.3 Å². The Balaban J connectivity index is 3.11. The predicted octanol–water partition coefficient (Wildman–Crippen LogP) is 2.27. The molecule has 0 saturated carbocycles. The Labute approximate surface area is 91.4 Å². The van der Waals surface area contributed by atoms with E-state index in [0.717, 1.165) is 12.3 Å². The van der Waals surface area contributed by atoms with Crippen LogP contribution in [-0.2, 0) is 11.4 Å². The molecule has 0 spiro atoms. The summed E-state index contributed by atoms with van der Waals surface area (Å²) in [5, 5.41) is 0. The van der Waals surface area contributed by atoms with Crippen LogP contribution in [0.15, 0.2) is 6.07 Å². The maximum Gasteiger partial charge on any atom is 0.122 e. The minimum atomic E-state index is 0.721. The van der Waals surface area contributed by atoms with Crippen molar-refractivity contribution in [3.05, 3.63) is 28.3 Å². The van der Waals surface area contributed by atoms with E-state index in [-0.39, 0.29) is 0 Å². The molecular formula is C12H19NO2. The summed E-state index contributed by atoms with van der Waals surface area (Å²) >= 11 is 0. The Bertz CT molecular complexity index is 348. The van der Waals surface area contributed by atoms with Crippen molar-refractivity contribution < 1.29 is 9.57 Å². The molecule has 1 rings (SSSR count). The number of hydroxylamine groups is 1. The normalized spacial score (nSPS) is 10.5. The molecule has 3 heteroatoms. The van der Waals surface area contributed by atoms with E-state index in [2.05, 4.69) is 32.3 Å². The zero-order valence-corrected chi connectivity index (χ0v) is 10.1. The van der Waals surface area contributed by atoms with Gasteiger partial charge in [0, 0.05) is 6.54 Å². The maximum atomic E-state index is 5.31. The first kappa shape index (κ1) is 12.0. The largest absolute Gasteiger partial charge is 0.496 e. The first-order valence-corrected chi connectivity index (χ1v) is 5.01. The first-order chi connectivity index (χ1) is 7.11. The summed E-state index contributed by atoms with van der Waals surface area (Å²) in [6.45, 7) is 6.99. The summed E-state index contributed by atoms with van der Waals surface area (Å²) < 4.78 is 5.31. The molecule has 1 aromatic carbocycles. The summed E-state index contributed by atoms with van der Waals surface area (Å²) in [4.78, 5) is 4.87. The summed E-state index contributed by atoms with van der Waals surface area (Å²) in [7, 11) is 3.33. The van der Waals surface area contributed by atoms with Gasteiger partial charge >= 0.3 is 0 Å². The lowest BCUT2D eigenvalue weighted by Gasteiger charge is -2.15. The molecule has 1 N–H and O–H groups in total. The van der Waals surface area contributed by atoms with Crippen molar-refractivity contribution in [3.63, 3.8) is 0 Å². The molecule has 0 aliphatic rings. The monoisotopic (exact) mass is 209 g/mol. The fourth-order valence-corrected chi connectivity index (χ4v) is 1.73. The molecule has 0 radical (unpaired) electrons. The molecule has 1 aromatic rings. The SMILES string of the molecule is CONCc1c(C)cc(OC)c(C)c1C. The highest BCUT2D eigenvalue weighted by atomic mass is 16.6. The highest BCUT2D eigenvalue weighted by Gasteiger charge is 2.09. The first-order valence-electron chi connectivity index (χ1n) is 5.01. The van der Waals surface area contributed by atoms with Crippen LogP contribution in [0.4, 0.5) is 0 Å². The van der Waals surface area contributed by atoms with Crippen LogP contribution in [0.1, 0.15) is 22.3 Å². The number of methoxy groups -OCH3 is 1. The van der Waals surface area contributed by atoms with Gasteiger partial charge in [-0.3, -0.25) is 0 Å². The van der Waals surface area contributed by atoms with E-state index in [1.54, 1.807) is 14.2 Å². The van der Waals surface area contributed by atoms with E-state index in [0.29, 0.717) is 0 Å². The number of aryl methyl sites for hydroxylation is 1. The summed E-state index contributed by atoms with van der Waals surface area (Å²) in [5.41, 5.74) is 7.82. The van der Waals surface area contributed by atoms with E-state index < -0.39 is 0 Å². The zero-order chi connectivity index (χ0) is 11.4. The molecule has 0 aliphatic heterocycles. The minimum Gasteiger partial charge on any atom is -0.496 e. The molecule has 0 aromatic heterocycles. The molecule has 0 saturated heterocycles. The van der Waals surface area contributed by atoms with Crippen LogP contribution in [0.25, 0.3) is 0 Å². The second kappa shape index (κ2) is 5.14. The molecule has 84 valence electrons. The van der Waals surface area contributed by atoms with Gasteiger partial charge < -0.3 is 9.57 Å². The van der Waals surface area contributed by atoms with E-state index in [4.69, 9.17) is 9.57 Å². The molecule has 0 unspecified atom stereocenters. The van der Waals surface area contributed by atoms with Crippen LogP contribution in [-0.4, -0.2) is 14.2 Å². The Morgan fingerprint density at radius 1 is 1.13 bits per heavy atom. The van der Waals surface area contributed by atoms with Gasteiger partial charge in [-0.2, -0.15) is 5.48 Å². The molecule has 0 fully saturated rings. The molecule has 0 bridgehead atoms. The van der Waals surface area contributed by atoms with E-state index >= 15 is 0 Å². The Morgan fingerprint density at radius 3 is 2.33 bits per heavy atom. The third kappa shape index (κ3) is 2.49. The van der Waals surface area contributed by atoms with Gasteiger partial charge in [-0.05, 0) is 49.1 Å². The van der Waals surface area contributed by atoms with Gasteiger partial charge in [-0.15, -0.1) is 0 Å². The third-order valence-corrected chi connectivity index (χ3v) is 2.82. The summed E-state index contributed by atoms with van der Waals surface area (Å²) in [5.74, 6) is 0.950. The average molecular weight is 209 g/mol. The fourth-order valence-electron chi connectivity index (χ4n) is 1.73. The maximum absolute atomic E-state index is 5.31. The second-order valence-electron chi connectivity index (χ2n) is 3.65. The lowest BCUT2D eigenvalue weighted by atomic mass is 9.97. The highest BCUT2D eigenvalue weighted by Crippen LogP contribution is 2.27. The number of benzene rings is 1. The van der Waals surface area contributed by atoms with E-state index in [9.17, 15) is 0 Å². The molecule has 3 nitrogen and oxygen atoms in total. The summed E-state index contributed by atoms with van der Waals surface area (Å²) in [6, 6.07) is 2.06. The quantitative estimate of drug-likeness (QED) is 0.772.